The lowest BCUT2D eigenvalue weighted by molar-refractivity contribution is -0.131. The number of sulfonamides is 1. The van der Waals surface area contributed by atoms with E-state index in [0.29, 0.717) is 26.2 Å². The molecular weight excluding hydrogens is 506 g/mol. The molecule has 5 rings (SSSR count). The highest BCUT2D eigenvalue weighted by atomic mass is 32.2. The van der Waals surface area contributed by atoms with Gasteiger partial charge >= 0.3 is 0 Å². The first-order chi connectivity index (χ1) is 18.3. The molecule has 0 saturated carbocycles. The summed E-state index contributed by atoms with van der Waals surface area (Å²) in [5.74, 6) is -0.887. The molecule has 2 aliphatic heterocycles. The third-order valence-corrected chi connectivity index (χ3v) is 8.58. The van der Waals surface area contributed by atoms with E-state index in [0.717, 1.165) is 15.7 Å². The second kappa shape index (κ2) is 10.2. The van der Waals surface area contributed by atoms with E-state index in [1.54, 1.807) is 48.4 Å². The highest BCUT2D eigenvalue weighted by Crippen LogP contribution is 2.35. The maximum atomic E-state index is 13.7. The summed E-state index contributed by atoms with van der Waals surface area (Å²) in [5.41, 5.74) is 0.712. The van der Waals surface area contributed by atoms with Crippen molar-refractivity contribution in [2.45, 2.75) is 4.90 Å². The molecule has 196 valence electrons. The van der Waals surface area contributed by atoms with Gasteiger partial charge in [-0.2, -0.15) is 0 Å². The number of anilines is 1. The van der Waals surface area contributed by atoms with Crippen LogP contribution in [-0.2, 0) is 14.8 Å². The van der Waals surface area contributed by atoms with Crippen LogP contribution in [0.15, 0.2) is 89.5 Å². The average molecular weight is 534 g/mol. The number of rotatable bonds is 5. The predicted molar refractivity (Wildman–Crippen MR) is 142 cm³/mol. The van der Waals surface area contributed by atoms with Crippen LogP contribution >= 0.6 is 0 Å². The van der Waals surface area contributed by atoms with Crippen LogP contribution in [0.1, 0.15) is 15.9 Å². The molecule has 1 fully saturated rings. The Balaban J connectivity index is 1.44. The third kappa shape index (κ3) is 4.47. The molecular formula is C28H27N3O6S. The number of ether oxygens (including phenoxy) is 1. The molecule has 0 atom stereocenters. The normalized spacial score (nSPS) is 18.1. The monoisotopic (exact) mass is 533 g/mol. The fourth-order valence-corrected chi connectivity index (χ4v) is 6.41. The minimum atomic E-state index is -4.29. The van der Waals surface area contributed by atoms with Crippen molar-refractivity contribution in [1.29, 1.82) is 0 Å². The number of carbonyl (C=O) groups is 2. The number of piperazine rings is 1. The average Bonchev–Trinajstić information content (AvgIpc) is 2.96. The van der Waals surface area contributed by atoms with Crippen molar-refractivity contribution >= 4 is 33.2 Å². The topological polar surface area (TPSA) is 107 Å². The number of hydrogen-bond acceptors (Lipinski definition) is 7. The van der Waals surface area contributed by atoms with Gasteiger partial charge in [0.05, 0.1) is 17.7 Å². The number of hydrogen-bond donors (Lipinski definition) is 1. The molecule has 2 aliphatic rings. The Morgan fingerprint density at radius 1 is 0.895 bits per heavy atom. The zero-order valence-electron chi connectivity index (χ0n) is 20.8. The van der Waals surface area contributed by atoms with Crippen LogP contribution in [-0.4, -0.2) is 74.3 Å². The molecule has 1 saturated heterocycles. The summed E-state index contributed by atoms with van der Waals surface area (Å²) < 4.78 is 33.5. The minimum absolute atomic E-state index is 0.0425. The zero-order chi connectivity index (χ0) is 26.9. The van der Waals surface area contributed by atoms with Crippen molar-refractivity contribution in [3.8, 4) is 5.75 Å². The van der Waals surface area contributed by atoms with Crippen LogP contribution in [0, 0.1) is 0 Å². The van der Waals surface area contributed by atoms with E-state index < -0.39 is 39.7 Å². The van der Waals surface area contributed by atoms with Gasteiger partial charge in [0.15, 0.2) is 5.76 Å². The number of benzene rings is 3. The van der Waals surface area contributed by atoms with E-state index in [1.165, 1.54) is 18.2 Å². The molecule has 0 bridgehead atoms. The summed E-state index contributed by atoms with van der Waals surface area (Å²) in [6, 6.07) is 21.7. The molecule has 0 radical (unpaired) electrons. The molecule has 38 heavy (non-hydrogen) atoms. The van der Waals surface area contributed by atoms with E-state index >= 15 is 0 Å². The molecule has 3 aromatic carbocycles. The Labute approximate surface area is 221 Å². The lowest BCUT2D eigenvalue weighted by Gasteiger charge is -2.38. The molecule has 10 heteroatoms. The van der Waals surface area contributed by atoms with Crippen LogP contribution in [0.3, 0.4) is 0 Å². The highest BCUT2D eigenvalue weighted by molar-refractivity contribution is 7.89. The molecule has 9 nitrogen and oxygen atoms in total. The number of Topliss-reactive ketones (excluding diaryl/α,β-unsaturated/α-hetero) is 1. The first-order valence-electron chi connectivity index (χ1n) is 12.1. The number of aliphatic hydroxyl groups is 1. The van der Waals surface area contributed by atoms with Crippen LogP contribution in [0.2, 0.25) is 0 Å². The van der Waals surface area contributed by atoms with Gasteiger partial charge < -0.3 is 19.6 Å². The lowest BCUT2D eigenvalue weighted by Crippen LogP contribution is -2.52. The van der Waals surface area contributed by atoms with Crippen LogP contribution in [0.5, 0.6) is 5.75 Å². The van der Waals surface area contributed by atoms with Gasteiger partial charge in [0.25, 0.3) is 10.0 Å². The second-order valence-corrected chi connectivity index (χ2v) is 10.8. The van der Waals surface area contributed by atoms with E-state index in [1.807, 2.05) is 24.3 Å². The molecule has 0 unspecified atom stereocenters. The summed E-state index contributed by atoms with van der Waals surface area (Å²) in [5, 5.41) is 11.1. The first-order valence-corrected chi connectivity index (χ1v) is 13.6. The van der Waals surface area contributed by atoms with Gasteiger partial charge in [0.2, 0.25) is 11.7 Å². The van der Waals surface area contributed by atoms with Crippen molar-refractivity contribution in [1.82, 2.24) is 9.21 Å². The summed E-state index contributed by atoms with van der Waals surface area (Å²) >= 11 is 0. The van der Waals surface area contributed by atoms with Gasteiger partial charge in [0, 0.05) is 37.3 Å². The largest absolute Gasteiger partial charge is 0.505 e. The van der Waals surface area contributed by atoms with Crippen molar-refractivity contribution < 1.29 is 27.9 Å². The fourth-order valence-electron chi connectivity index (χ4n) is 4.79. The number of amides is 1. The van der Waals surface area contributed by atoms with E-state index in [4.69, 9.17) is 4.74 Å². The standard InChI is InChI=1S/C28H27N3O6S/c1-37-23-13-7-6-12-22(23)29-15-17-30(18-16-29)25(32)19-31-26(27(33)20-9-3-2-4-10-20)28(34)21-11-5-8-14-24(21)38(31,35)36/h2-14,33H,15-19H2,1H3. The molecule has 2 heterocycles. The fraction of sp³-hybridized carbons (Fsp3) is 0.214. The Morgan fingerprint density at radius 2 is 1.53 bits per heavy atom. The smallest absolute Gasteiger partial charge is 0.265 e. The summed E-state index contributed by atoms with van der Waals surface area (Å²) in [4.78, 5) is 30.4. The number of allylic oxidation sites excluding steroid dienone is 1. The number of ketones is 1. The molecule has 3 aromatic rings. The van der Waals surface area contributed by atoms with Gasteiger partial charge in [-0.3, -0.25) is 9.59 Å². The summed E-state index contributed by atoms with van der Waals surface area (Å²) in [6.45, 7) is 1.17. The number of aliphatic hydroxyl groups excluding tert-OH is 1. The van der Waals surface area contributed by atoms with Crippen LogP contribution < -0.4 is 9.64 Å². The Bertz CT molecular complexity index is 1510. The third-order valence-electron chi connectivity index (χ3n) is 6.77. The number of fused-ring (bicyclic) bond motifs is 1. The molecule has 1 amide bonds. The number of carbonyl (C=O) groups excluding carboxylic acids is 2. The second-order valence-electron chi connectivity index (χ2n) is 8.94. The molecule has 0 aliphatic carbocycles. The van der Waals surface area contributed by atoms with E-state index in [2.05, 4.69) is 4.90 Å². The van der Waals surface area contributed by atoms with Crippen molar-refractivity contribution in [2.24, 2.45) is 0 Å². The lowest BCUT2D eigenvalue weighted by atomic mass is 10.0. The number of nitrogens with zero attached hydrogens (tertiary/aromatic N) is 3. The SMILES string of the molecule is COc1ccccc1N1CCN(C(=O)CN2C(=C(O)c3ccccc3)C(=O)c3ccccc3S2(=O)=O)CC1. The maximum Gasteiger partial charge on any atom is 0.265 e. The maximum absolute atomic E-state index is 13.7. The number of methoxy groups -OCH3 is 1. The quantitative estimate of drug-likeness (QED) is 0.397. The van der Waals surface area contributed by atoms with Crippen LogP contribution in [0.25, 0.3) is 5.76 Å². The summed E-state index contributed by atoms with van der Waals surface area (Å²) in [7, 11) is -2.69. The van der Waals surface area contributed by atoms with E-state index in [9.17, 15) is 23.1 Å². The van der Waals surface area contributed by atoms with Crippen molar-refractivity contribution in [3.63, 3.8) is 0 Å². The van der Waals surface area contributed by atoms with Gasteiger partial charge in [-0.15, -0.1) is 0 Å². The van der Waals surface area contributed by atoms with Crippen molar-refractivity contribution in [2.75, 3.05) is 44.7 Å². The predicted octanol–water partition coefficient (Wildman–Crippen LogP) is 3.16. The molecule has 1 N–H and O–H groups in total. The Kier molecular flexibility index (Phi) is 6.81. The van der Waals surface area contributed by atoms with Crippen LogP contribution in [0.4, 0.5) is 5.69 Å². The first kappa shape index (κ1) is 25.3. The van der Waals surface area contributed by atoms with Gasteiger partial charge in [-0.1, -0.05) is 54.6 Å². The van der Waals surface area contributed by atoms with Gasteiger partial charge in [-0.25, -0.2) is 12.7 Å². The summed E-state index contributed by atoms with van der Waals surface area (Å²) in [6.07, 6.45) is 0. The zero-order valence-corrected chi connectivity index (χ0v) is 21.6. The van der Waals surface area contributed by atoms with Crippen molar-refractivity contribution in [3.05, 3.63) is 95.7 Å². The van der Waals surface area contributed by atoms with Gasteiger partial charge in [0.1, 0.15) is 18.0 Å². The Morgan fingerprint density at radius 3 is 2.24 bits per heavy atom. The molecule has 0 aromatic heterocycles. The molecule has 0 spiro atoms. The van der Waals surface area contributed by atoms with E-state index in [-0.39, 0.29) is 16.0 Å². The Hall–Kier alpha value is -4.31. The highest BCUT2D eigenvalue weighted by Gasteiger charge is 2.43. The van der Waals surface area contributed by atoms with Gasteiger partial charge in [-0.05, 0) is 24.3 Å². The minimum Gasteiger partial charge on any atom is -0.505 e. The number of para-hydroxylation sites is 2.